The third-order valence-electron chi connectivity index (χ3n) is 2.00. The number of aromatic hydroxyl groups is 1. The van der Waals surface area contributed by atoms with E-state index in [1.165, 1.54) is 0 Å². The van der Waals surface area contributed by atoms with Crippen LogP contribution in [0.1, 0.15) is 5.56 Å². The number of hydrogen-bond donors (Lipinski definition) is 1. The molecule has 0 spiro atoms. The van der Waals surface area contributed by atoms with Crippen LogP contribution in [0, 0.1) is 6.92 Å². The second-order valence-corrected chi connectivity index (χ2v) is 3.07. The molecule has 0 fully saturated rings. The summed E-state index contributed by atoms with van der Waals surface area (Å²) in [7, 11) is 0. The molecule has 2 aromatic heterocycles. The molecule has 0 aliphatic carbocycles. The molecule has 0 unspecified atom stereocenters. The molecule has 0 radical (unpaired) electrons. The van der Waals surface area contributed by atoms with Crippen LogP contribution in [0.5, 0.6) is 5.75 Å². The largest absolute Gasteiger partial charge is 0.508 e. The van der Waals surface area contributed by atoms with Gasteiger partial charge in [-0.25, -0.2) is 0 Å². The van der Waals surface area contributed by atoms with Crippen molar-refractivity contribution >= 4 is 0 Å². The lowest BCUT2D eigenvalue weighted by Crippen LogP contribution is -1.89. The zero-order valence-corrected chi connectivity index (χ0v) is 7.81. The molecule has 0 aliphatic heterocycles. The van der Waals surface area contributed by atoms with Crippen LogP contribution in [0.2, 0.25) is 0 Å². The van der Waals surface area contributed by atoms with E-state index in [0.29, 0.717) is 5.69 Å². The first-order valence-electron chi connectivity index (χ1n) is 4.34. The van der Waals surface area contributed by atoms with Gasteiger partial charge in [0.15, 0.2) is 0 Å². The lowest BCUT2D eigenvalue weighted by molar-refractivity contribution is 0.475. The van der Waals surface area contributed by atoms with Crippen molar-refractivity contribution in [3.8, 4) is 17.1 Å². The van der Waals surface area contributed by atoms with E-state index in [4.69, 9.17) is 0 Å². The van der Waals surface area contributed by atoms with Gasteiger partial charge in [0.2, 0.25) is 0 Å². The van der Waals surface area contributed by atoms with Crippen molar-refractivity contribution in [3.63, 3.8) is 0 Å². The number of hydrogen-bond acceptors (Lipinski definition) is 3. The van der Waals surface area contributed by atoms with Crippen LogP contribution in [-0.2, 0) is 0 Å². The molecular formula is C11H10N2O. The Bertz CT molecular complexity index is 455. The Morgan fingerprint density at radius 3 is 2.71 bits per heavy atom. The van der Waals surface area contributed by atoms with E-state index >= 15 is 0 Å². The van der Waals surface area contributed by atoms with Crippen LogP contribution < -0.4 is 0 Å². The van der Waals surface area contributed by atoms with Crippen molar-refractivity contribution in [2.45, 2.75) is 6.92 Å². The quantitative estimate of drug-likeness (QED) is 0.742. The first kappa shape index (κ1) is 8.69. The van der Waals surface area contributed by atoms with Crippen molar-refractivity contribution in [1.29, 1.82) is 0 Å². The number of aryl methyl sites for hydroxylation is 1. The van der Waals surface area contributed by atoms with Gasteiger partial charge in [0.05, 0.1) is 11.4 Å². The summed E-state index contributed by atoms with van der Waals surface area (Å²) in [4.78, 5) is 8.36. The van der Waals surface area contributed by atoms with Crippen molar-refractivity contribution in [2.75, 3.05) is 0 Å². The van der Waals surface area contributed by atoms with E-state index in [9.17, 15) is 5.11 Å². The zero-order chi connectivity index (χ0) is 9.97. The van der Waals surface area contributed by atoms with Crippen LogP contribution in [0.4, 0.5) is 0 Å². The number of rotatable bonds is 1. The molecule has 14 heavy (non-hydrogen) atoms. The smallest absolute Gasteiger partial charge is 0.119 e. The van der Waals surface area contributed by atoms with E-state index in [1.807, 2.05) is 19.1 Å². The highest BCUT2D eigenvalue weighted by Gasteiger charge is 2.03. The summed E-state index contributed by atoms with van der Waals surface area (Å²) < 4.78 is 0. The molecule has 0 saturated heterocycles. The summed E-state index contributed by atoms with van der Waals surface area (Å²) in [6.45, 7) is 1.97. The van der Waals surface area contributed by atoms with E-state index in [0.717, 1.165) is 11.3 Å². The van der Waals surface area contributed by atoms with Crippen LogP contribution in [0.3, 0.4) is 0 Å². The minimum atomic E-state index is 0.208. The van der Waals surface area contributed by atoms with Gasteiger partial charge in [-0.2, -0.15) is 0 Å². The minimum Gasteiger partial charge on any atom is -0.508 e. The van der Waals surface area contributed by atoms with E-state index in [-0.39, 0.29) is 5.75 Å². The molecule has 2 aromatic rings. The first-order chi connectivity index (χ1) is 6.77. The Morgan fingerprint density at radius 1 is 1.14 bits per heavy atom. The molecule has 70 valence electrons. The fraction of sp³-hybridized carbons (Fsp3) is 0.0909. The van der Waals surface area contributed by atoms with Gasteiger partial charge in [-0.3, -0.25) is 9.97 Å². The van der Waals surface area contributed by atoms with Crippen LogP contribution in [0.25, 0.3) is 11.4 Å². The SMILES string of the molecule is Cc1cccnc1-c1cc(O)ccn1. The highest BCUT2D eigenvalue weighted by Crippen LogP contribution is 2.20. The molecule has 1 N–H and O–H groups in total. The van der Waals surface area contributed by atoms with Gasteiger partial charge in [0.25, 0.3) is 0 Å². The third kappa shape index (κ3) is 1.57. The number of aromatic nitrogens is 2. The second kappa shape index (κ2) is 3.46. The molecule has 0 aliphatic rings. The molecule has 0 bridgehead atoms. The molecular weight excluding hydrogens is 176 g/mol. The minimum absolute atomic E-state index is 0.208. The molecule has 0 saturated carbocycles. The summed E-state index contributed by atoms with van der Waals surface area (Å²) in [5, 5.41) is 9.30. The first-order valence-corrected chi connectivity index (χ1v) is 4.34. The van der Waals surface area contributed by atoms with E-state index in [1.54, 1.807) is 24.5 Å². The van der Waals surface area contributed by atoms with Gasteiger partial charge in [0, 0.05) is 18.5 Å². The van der Waals surface area contributed by atoms with Gasteiger partial charge in [-0.1, -0.05) is 6.07 Å². The van der Waals surface area contributed by atoms with Gasteiger partial charge in [-0.15, -0.1) is 0 Å². The molecule has 0 aromatic carbocycles. The molecule has 2 heterocycles. The van der Waals surface area contributed by atoms with Crippen molar-refractivity contribution in [2.24, 2.45) is 0 Å². The normalized spacial score (nSPS) is 10.1. The maximum absolute atomic E-state index is 9.30. The van der Waals surface area contributed by atoms with Crippen LogP contribution in [-0.4, -0.2) is 15.1 Å². The van der Waals surface area contributed by atoms with Gasteiger partial charge in [-0.05, 0) is 24.6 Å². The Hall–Kier alpha value is -1.90. The summed E-state index contributed by atoms with van der Waals surface area (Å²) in [5.41, 5.74) is 2.55. The molecule has 0 amide bonds. The Kier molecular flexibility index (Phi) is 2.14. The van der Waals surface area contributed by atoms with E-state index < -0.39 is 0 Å². The topological polar surface area (TPSA) is 46.0 Å². The fourth-order valence-corrected chi connectivity index (χ4v) is 1.30. The predicted octanol–water partition coefficient (Wildman–Crippen LogP) is 2.16. The maximum Gasteiger partial charge on any atom is 0.119 e. The monoisotopic (exact) mass is 186 g/mol. The Labute approximate surface area is 82.1 Å². The summed E-state index contributed by atoms with van der Waals surface area (Å²) in [6.07, 6.45) is 3.28. The summed E-state index contributed by atoms with van der Waals surface area (Å²) >= 11 is 0. The van der Waals surface area contributed by atoms with Gasteiger partial charge >= 0.3 is 0 Å². The summed E-state index contributed by atoms with van der Waals surface area (Å²) in [5.74, 6) is 0.208. The van der Waals surface area contributed by atoms with Crippen LogP contribution in [0.15, 0.2) is 36.7 Å². The highest BCUT2D eigenvalue weighted by molar-refractivity contribution is 5.59. The lowest BCUT2D eigenvalue weighted by Gasteiger charge is -2.02. The predicted molar refractivity (Wildman–Crippen MR) is 53.9 cm³/mol. The molecule has 3 heteroatoms. The average molecular weight is 186 g/mol. The molecule has 0 atom stereocenters. The lowest BCUT2D eigenvalue weighted by atomic mass is 10.1. The van der Waals surface area contributed by atoms with Crippen molar-refractivity contribution in [1.82, 2.24) is 9.97 Å². The third-order valence-corrected chi connectivity index (χ3v) is 2.00. The van der Waals surface area contributed by atoms with Gasteiger partial charge < -0.3 is 5.11 Å². The Morgan fingerprint density at radius 2 is 2.00 bits per heavy atom. The van der Waals surface area contributed by atoms with Gasteiger partial charge in [0.1, 0.15) is 5.75 Å². The van der Waals surface area contributed by atoms with E-state index in [2.05, 4.69) is 9.97 Å². The zero-order valence-electron chi connectivity index (χ0n) is 7.81. The number of pyridine rings is 2. The highest BCUT2D eigenvalue weighted by atomic mass is 16.3. The molecule has 2 rings (SSSR count). The average Bonchev–Trinajstić information content (AvgIpc) is 2.18. The summed E-state index contributed by atoms with van der Waals surface area (Å²) in [6, 6.07) is 6.99. The van der Waals surface area contributed by atoms with Crippen molar-refractivity contribution in [3.05, 3.63) is 42.2 Å². The fourth-order valence-electron chi connectivity index (χ4n) is 1.30. The maximum atomic E-state index is 9.30. The second-order valence-electron chi connectivity index (χ2n) is 3.07. The van der Waals surface area contributed by atoms with Crippen molar-refractivity contribution < 1.29 is 5.11 Å². The van der Waals surface area contributed by atoms with Crippen LogP contribution >= 0.6 is 0 Å². The standard InChI is InChI=1S/C11H10N2O/c1-8-3-2-5-13-11(8)10-7-9(14)4-6-12-10/h2-7H,1H3,(H,12,14). The number of nitrogens with zero attached hydrogens (tertiary/aromatic N) is 2. The Balaban J connectivity index is 2.55. The molecule has 3 nitrogen and oxygen atoms in total.